The normalized spacial score (nSPS) is 15.5. The Hall–Kier alpha value is -3.19. The summed E-state index contributed by atoms with van der Waals surface area (Å²) in [5, 5.41) is 5.21. The lowest BCUT2D eigenvalue weighted by Crippen LogP contribution is -2.49. The number of carbonyl (C=O) groups is 3. The molecule has 1 aromatic rings. The van der Waals surface area contributed by atoms with Crippen LogP contribution in [-0.2, 0) is 19.1 Å². The number of alkyl halides is 1. The molecule has 1 aromatic carbocycles. The summed E-state index contributed by atoms with van der Waals surface area (Å²) >= 11 is 3.03. The summed E-state index contributed by atoms with van der Waals surface area (Å²) in [6.45, 7) is 8.57. The number of rotatable bonds is 10. The fraction of sp³-hybridized carbons (Fsp3) is 0.393. The van der Waals surface area contributed by atoms with E-state index >= 15 is 0 Å². The van der Waals surface area contributed by atoms with E-state index in [0.29, 0.717) is 5.56 Å². The highest BCUT2D eigenvalue weighted by atomic mass is 79.9. The summed E-state index contributed by atoms with van der Waals surface area (Å²) in [7, 11) is 1.22. The van der Waals surface area contributed by atoms with Crippen molar-refractivity contribution in [3.05, 3.63) is 70.8 Å². The summed E-state index contributed by atoms with van der Waals surface area (Å²) in [5.74, 6) is 4.63. The molecule has 37 heavy (non-hydrogen) atoms. The molecule has 8 nitrogen and oxygen atoms in total. The Labute approximate surface area is 227 Å². The number of carbonyl (C=O) groups excluding carboxylic acids is 3. The van der Waals surface area contributed by atoms with Crippen LogP contribution in [0.15, 0.2) is 59.7 Å². The maximum absolute atomic E-state index is 12.6. The number of amides is 2. The van der Waals surface area contributed by atoms with Crippen molar-refractivity contribution in [2.75, 3.05) is 51.8 Å². The third kappa shape index (κ3) is 11.6. The second-order valence-electron chi connectivity index (χ2n) is 8.48. The van der Waals surface area contributed by atoms with Crippen LogP contribution in [0, 0.1) is 11.8 Å². The molecule has 9 heteroatoms. The van der Waals surface area contributed by atoms with Gasteiger partial charge in [-0.15, -0.1) is 0 Å². The number of hydrogen-bond donors (Lipinski definition) is 2. The van der Waals surface area contributed by atoms with Gasteiger partial charge in [0.25, 0.3) is 5.91 Å². The molecular weight excluding hydrogens is 538 g/mol. The smallest absolute Gasteiger partial charge is 0.330 e. The topological polar surface area (TPSA) is 97.0 Å². The first-order valence-corrected chi connectivity index (χ1v) is 13.1. The van der Waals surface area contributed by atoms with Crippen LogP contribution in [0.5, 0.6) is 0 Å². The van der Waals surface area contributed by atoms with Gasteiger partial charge in [-0.2, -0.15) is 0 Å². The number of nitrogens with zero attached hydrogens (tertiary/aromatic N) is 1. The number of esters is 1. The first-order valence-electron chi connectivity index (χ1n) is 12.0. The van der Waals surface area contributed by atoms with Gasteiger partial charge in [0.05, 0.1) is 25.7 Å². The van der Waals surface area contributed by atoms with E-state index in [1.165, 1.54) is 12.7 Å². The third-order valence-electron chi connectivity index (χ3n) is 5.42. The lowest BCUT2D eigenvalue weighted by Gasteiger charge is -2.26. The van der Waals surface area contributed by atoms with Crippen LogP contribution in [0.1, 0.15) is 29.8 Å². The number of nitrogens with one attached hydrogen (secondary N) is 2. The van der Waals surface area contributed by atoms with Crippen molar-refractivity contribution in [3.8, 4) is 11.8 Å². The van der Waals surface area contributed by atoms with E-state index in [4.69, 9.17) is 9.47 Å². The highest BCUT2D eigenvalue weighted by Gasteiger charge is 2.22. The minimum absolute atomic E-state index is 0.0736. The van der Waals surface area contributed by atoms with E-state index < -0.39 is 17.9 Å². The predicted octanol–water partition coefficient (Wildman–Crippen LogP) is 2.60. The number of halogens is 1. The lowest BCUT2D eigenvalue weighted by atomic mass is 10.1. The molecule has 0 unspecified atom stereocenters. The molecule has 198 valence electrons. The van der Waals surface area contributed by atoms with Crippen molar-refractivity contribution in [3.63, 3.8) is 0 Å². The molecule has 1 aliphatic rings. The van der Waals surface area contributed by atoms with E-state index in [9.17, 15) is 14.4 Å². The van der Waals surface area contributed by atoms with Gasteiger partial charge in [-0.25, -0.2) is 4.79 Å². The number of methoxy groups -OCH3 is 1. The molecule has 1 saturated heterocycles. The van der Waals surface area contributed by atoms with Crippen LogP contribution in [0.2, 0.25) is 0 Å². The van der Waals surface area contributed by atoms with Gasteiger partial charge in [0.1, 0.15) is 6.04 Å². The van der Waals surface area contributed by atoms with Crippen molar-refractivity contribution < 1.29 is 23.9 Å². The van der Waals surface area contributed by atoms with Gasteiger partial charge < -0.3 is 20.1 Å². The van der Waals surface area contributed by atoms with Crippen LogP contribution < -0.4 is 10.6 Å². The number of benzene rings is 1. The fourth-order valence-electron chi connectivity index (χ4n) is 3.34. The summed E-state index contributed by atoms with van der Waals surface area (Å²) in [6, 6.07) is 5.72. The Kier molecular flexibility index (Phi) is 13.4. The van der Waals surface area contributed by atoms with Crippen LogP contribution in [0.3, 0.4) is 0 Å². The fourth-order valence-corrected chi connectivity index (χ4v) is 3.54. The van der Waals surface area contributed by atoms with E-state index in [1.54, 1.807) is 30.3 Å². The summed E-state index contributed by atoms with van der Waals surface area (Å²) in [5.41, 5.74) is 3.50. The quantitative estimate of drug-likeness (QED) is 0.194. The average molecular weight is 573 g/mol. The molecular formula is C28H34BrN3O5. The highest BCUT2D eigenvalue weighted by Crippen LogP contribution is 2.06. The van der Waals surface area contributed by atoms with Gasteiger partial charge in [-0.05, 0) is 44.2 Å². The van der Waals surface area contributed by atoms with E-state index in [-0.39, 0.29) is 17.8 Å². The molecule has 0 bridgehead atoms. The zero-order chi connectivity index (χ0) is 27.0. The SMILES string of the molecule is COC(=O)[C@H](CNC(=O)CBr)NC(=O)c1ccc(C#CC=CC(C)=CC=C(C)CN2CCOCC2)cc1. The Morgan fingerprint density at radius 3 is 2.51 bits per heavy atom. The lowest BCUT2D eigenvalue weighted by molar-refractivity contribution is -0.142. The summed E-state index contributed by atoms with van der Waals surface area (Å²) in [4.78, 5) is 38.3. The van der Waals surface area contributed by atoms with Crippen molar-refractivity contribution in [1.82, 2.24) is 15.5 Å². The van der Waals surface area contributed by atoms with E-state index in [1.807, 2.05) is 13.0 Å². The molecule has 2 amide bonds. The largest absolute Gasteiger partial charge is 0.467 e. The summed E-state index contributed by atoms with van der Waals surface area (Å²) in [6.07, 6.45) is 7.95. The zero-order valence-electron chi connectivity index (χ0n) is 21.5. The van der Waals surface area contributed by atoms with Gasteiger partial charge in [-0.1, -0.05) is 57.1 Å². The Morgan fingerprint density at radius 1 is 1.16 bits per heavy atom. The minimum atomic E-state index is -1.00. The Balaban J connectivity index is 1.89. The predicted molar refractivity (Wildman–Crippen MR) is 147 cm³/mol. The molecule has 1 atom stereocenters. The molecule has 0 aliphatic carbocycles. The van der Waals surface area contributed by atoms with Gasteiger partial charge in [0.2, 0.25) is 5.91 Å². The van der Waals surface area contributed by atoms with Crippen LogP contribution >= 0.6 is 15.9 Å². The minimum Gasteiger partial charge on any atom is -0.467 e. The Bertz CT molecular complexity index is 1080. The molecule has 0 saturated carbocycles. The van der Waals surface area contributed by atoms with Crippen LogP contribution in [0.4, 0.5) is 0 Å². The number of morpholine rings is 1. The van der Waals surface area contributed by atoms with Crippen molar-refractivity contribution in [2.24, 2.45) is 0 Å². The summed E-state index contributed by atoms with van der Waals surface area (Å²) < 4.78 is 10.1. The Morgan fingerprint density at radius 2 is 1.86 bits per heavy atom. The molecule has 2 rings (SSSR count). The van der Waals surface area contributed by atoms with Crippen LogP contribution in [-0.4, -0.2) is 80.6 Å². The molecule has 1 aliphatic heterocycles. The molecule has 0 radical (unpaired) electrons. The molecule has 2 N–H and O–H groups in total. The monoisotopic (exact) mass is 571 g/mol. The average Bonchev–Trinajstić information content (AvgIpc) is 2.92. The van der Waals surface area contributed by atoms with Crippen LogP contribution in [0.25, 0.3) is 0 Å². The van der Waals surface area contributed by atoms with Crippen molar-refractivity contribution in [2.45, 2.75) is 19.9 Å². The van der Waals surface area contributed by atoms with Crippen molar-refractivity contribution in [1.29, 1.82) is 0 Å². The van der Waals surface area contributed by atoms with E-state index in [0.717, 1.165) is 44.0 Å². The van der Waals surface area contributed by atoms with Gasteiger partial charge in [0, 0.05) is 37.3 Å². The highest BCUT2D eigenvalue weighted by molar-refractivity contribution is 9.09. The second kappa shape index (κ2) is 16.5. The number of allylic oxidation sites excluding steroid dienone is 5. The van der Waals surface area contributed by atoms with Gasteiger partial charge >= 0.3 is 5.97 Å². The number of ether oxygens (including phenoxy) is 2. The van der Waals surface area contributed by atoms with Gasteiger partial charge in [0.15, 0.2) is 0 Å². The van der Waals surface area contributed by atoms with Crippen molar-refractivity contribution >= 4 is 33.7 Å². The molecule has 1 fully saturated rings. The maximum Gasteiger partial charge on any atom is 0.330 e. The first-order chi connectivity index (χ1) is 17.8. The van der Waals surface area contributed by atoms with E-state index in [2.05, 4.69) is 62.4 Å². The first kappa shape index (κ1) is 30.0. The third-order valence-corrected chi connectivity index (χ3v) is 5.93. The molecule has 1 heterocycles. The number of hydrogen-bond acceptors (Lipinski definition) is 6. The second-order valence-corrected chi connectivity index (χ2v) is 9.04. The maximum atomic E-state index is 12.6. The standard InChI is InChI=1S/C28H34BrN3O5/c1-21(8-9-22(2)20-32-14-16-37-17-15-32)6-4-5-7-23-10-12-24(13-11-23)27(34)31-25(28(35)36-3)19-30-26(33)18-29/h4,6,8-13,25H,14-20H2,1-3H3,(H,30,33)(H,31,34)/t25-/m0/s1. The zero-order valence-corrected chi connectivity index (χ0v) is 23.1. The van der Waals surface area contributed by atoms with Gasteiger partial charge in [-0.3, -0.25) is 14.5 Å². The molecule has 0 aromatic heterocycles. The molecule has 0 spiro atoms.